The lowest BCUT2D eigenvalue weighted by atomic mass is 10.1. The molecule has 2 aliphatic heterocycles. The van der Waals surface area contributed by atoms with Crippen molar-refractivity contribution in [2.24, 2.45) is 0 Å². The van der Waals surface area contributed by atoms with Gasteiger partial charge in [-0.25, -0.2) is 19.9 Å². The Kier molecular flexibility index (Phi) is 8.17. The summed E-state index contributed by atoms with van der Waals surface area (Å²) in [6, 6.07) is 20.0. The number of nitrogens with one attached hydrogen (secondary N) is 2. The molecule has 2 aromatic carbocycles. The number of hydrogen-bond acceptors (Lipinski definition) is 8. The SMILES string of the molecule is Cc1nc(N2CCCCC2)c2[nH]c(-c3ccc(N)cc3)cc2n1.Cc1nc(N2CCCCC2)c2[nH]c(-c3ccc(N)cc3)cc2n1. The number of nitrogens with two attached hydrogens (primary N) is 2. The van der Waals surface area contributed by atoms with Crippen molar-refractivity contribution in [1.82, 2.24) is 29.9 Å². The minimum absolute atomic E-state index is 0.773. The van der Waals surface area contributed by atoms with Crippen molar-refractivity contribution in [3.05, 3.63) is 72.3 Å². The third-order valence-corrected chi connectivity index (χ3v) is 8.90. The highest BCUT2D eigenvalue weighted by atomic mass is 15.2. The zero-order valence-electron chi connectivity index (χ0n) is 26.7. The molecule has 2 fully saturated rings. The second-order valence-electron chi connectivity index (χ2n) is 12.4. The van der Waals surface area contributed by atoms with Crippen LogP contribution in [0.4, 0.5) is 23.0 Å². The summed E-state index contributed by atoms with van der Waals surface area (Å²) in [7, 11) is 0. The number of aromatic nitrogens is 6. The summed E-state index contributed by atoms with van der Waals surface area (Å²) < 4.78 is 0. The van der Waals surface area contributed by atoms with Crippen LogP contribution in [0.2, 0.25) is 0 Å². The maximum absolute atomic E-state index is 5.78. The van der Waals surface area contributed by atoms with E-state index < -0.39 is 0 Å². The van der Waals surface area contributed by atoms with E-state index in [9.17, 15) is 0 Å². The average molecular weight is 615 g/mol. The van der Waals surface area contributed by atoms with Gasteiger partial charge in [0.2, 0.25) is 0 Å². The number of fused-ring (bicyclic) bond motifs is 2. The lowest BCUT2D eigenvalue weighted by molar-refractivity contribution is 0.574. The molecule has 0 atom stereocenters. The van der Waals surface area contributed by atoms with E-state index in [0.717, 1.165) is 105 Å². The molecule has 0 radical (unpaired) electrons. The Morgan fingerprint density at radius 1 is 0.522 bits per heavy atom. The minimum atomic E-state index is 0.773. The van der Waals surface area contributed by atoms with Crippen LogP contribution < -0.4 is 21.3 Å². The third-order valence-electron chi connectivity index (χ3n) is 8.90. The van der Waals surface area contributed by atoms with E-state index in [0.29, 0.717) is 0 Å². The van der Waals surface area contributed by atoms with E-state index in [2.05, 4.69) is 41.9 Å². The van der Waals surface area contributed by atoms with Crippen LogP contribution in [0.5, 0.6) is 0 Å². The molecule has 2 aliphatic rings. The van der Waals surface area contributed by atoms with E-state index in [1.807, 2.05) is 62.4 Å². The molecule has 10 nitrogen and oxygen atoms in total. The molecule has 0 aliphatic carbocycles. The number of aromatic amines is 2. The van der Waals surface area contributed by atoms with Crippen molar-refractivity contribution in [2.75, 3.05) is 47.4 Å². The first kappa shape index (κ1) is 29.6. The van der Waals surface area contributed by atoms with Crippen molar-refractivity contribution in [3.63, 3.8) is 0 Å². The molecule has 0 unspecified atom stereocenters. The zero-order chi connectivity index (χ0) is 31.6. The van der Waals surface area contributed by atoms with Gasteiger partial charge in [-0.15, -0.1) is 0 Å². The molecular weight excluding hydrogens is 572 g/mol. The predicted octanol–water partition coefficient (Wildman–Crippen LogP) is 7.01. The van der Waals surface area contributed by atoms with E-state index in [1.54, 1.807) is 0 Å². The van der Waals surface area contributed by atoms with Crippen LogP contribution >= 0.6 is 0 Å². The van der Waals surface area contributed by atoms with Gasteiger partial charge < -0.3 is 31.2 Å². The molecule has 0 spiro atoms. The van der Waals surface area contributed by atoms with Crippen LogP contribution in [0.25, 0.3) is 44.6 Å². The van der Waals surface area contributed by atoms with Crippen molar-refractivity contribution < 1.29 is 0 Å². The van der Waals surface area contributed by atoms with E-state index in [-0.39, 0.29) is 0 Å². The fourth-order valence-electron chi connectivity index (χ4n) is 6.53. The summed E-state index contributed by atoms with van der Waals surface area (Å²) in [5, 5.41) is 0. The number of rotatable bonds is 4. The van der Waals surface area contributed by atoms with Gasteiger partial charge in [0.25, 0.3) is 0 Å². The van der Waals surface area contributed by atoms with Gasteiger partial charge in [0, 0.05) is 48.9 Å². The van der Waals surface area contributed by atoms with Crippen molar-refractivity contribution in [3.8, 4) is 22.5 Å². The Morgan fingerprint density at radius 3 is 1.26 bits per heavy atom. The summed E-state index contributed by atoms with van der Waals surface area (Å²) in [6.07, 6.45) is 7.55. The van der Waals surface area contributed by atoms with E-state index in [1.165, 1.54) is 38.5 Å². The smallest absolute Gasteiger partial charge is 0.156 e. The van der Waals surface area contributed by atoms with Gasteiger partial charge in [0.1, 0.15) is 22.7 Å². The molecule has 4 aromatic heterocycles. The number of nitrogens with zero attached hydrogens (tertiary/aromatic N) is 6. The fourth-order valence-corrected chi connectivity index (χ4v) is 6.53. The van der Waals surface area contributed by atoms with E-state index >= 15 is 0 Å². The van der Waals surface area contributed by atoms with Crippen LogP contribution in [0, 0.1) is 13.8 Å². The lowest BCUT2D eigenvalue weighted by Crippen LogP contribution is -2.30. The molecule has 6 heterocycles. The van der Waals surface area contributed by atoms with Crippen molar-refractivity contribution in [1.29, 1.82) is 0 Å². The first-order valence-corrected chi connectivity index (χ1v) is 16.4. The minimum Gasteiger partial charge on any atom is -0.399 e. The Labute approximate surface area is 269 Å². The number of benzene rings is 2. The Bertz CT molecular complexity index is 1800. The highest BCUT2D eigenvalue weighted by molar-refractivity contribution is 5.92. The standard InChI is InChI=1S/2C18H21N5/c2*1-12-20-16-11-15(13-5-7-14(19)8-6-13)22-17(16)18(21-12)23-9-3-2-4-10-23/h2*5-8,11,22H,2-4,9-10,19H2,1H3. The maximum atomic E-state index is 5.78. The van der Waals surface area contributed by atoms with Crippen LogP contribution in [0.1, 0.15) is 50.2 Å². The Morgan fingerprint density at radius 2 is 0.891 bits per heavy atom. The first-order valence-electron chi connectivity index (χ1n) is 16.4. The van der Waals surface area contributed by atoms with Gasteiger partial charge in [0.05, 0.1) is 11.0 Å². The monoisotopic (exact) mass is 614 g/mol. The summed E-state index contributed by atoms with van der Waals surface area (Å²) in [5.41, 5.74) is 21.5. The molecule has 0 amide bonds. The van der Waals surface area contributed by atoms with Gasteiger partial charge in [-0.3, -0.25) is 0 Å². The lowest BCUT2D eigenvalue weighted by Gasteiger charge is -2.28. The second-order valence-corrected chi connectivity index (χ2v) is 12.4. The summed E-state index contributed by atoms with van der Waals surface area (Å²) in [5.74, 6) is 3.71. The molecule has 6 N–H and O–H groups in total. The fraction of sp³-hybridized carbons (Fsp3) is 0.333. The van der Waals surface area contributed by atoms with Crippen LogP contribution in [-0.4, -0.2) is 56.1 Å². The third kappa shape index (κ3) is 6.20. The molecule has 2 saturated heterocycles. The maximum Gasteiger partial charge on any atom is 0.156 e. The highest BCUT2D eigenvalue weighted by Crippen LogP contribution is 2.32. The molecular formula is C36H42N10. The molecule has 236 valence electrons. The van der Waals surface area contributed by atoms with Crippen molar-refractivity contribution in [2.45, 2.75) is 52.4 Å². The Balaban J connectivity index is 0.000000147. The summed E-state index contributed by atoms with van der Waals surface area (Å²) >= 11 is 0. The molecule has 6 aromatic rings. The molecule has 10 heteroatoms. The van der Waals surface area contributed by atoms with Gasteiger partial charge >= 0.3 is 0 Å². The molecule has 0 saturated carbocycles. The van der Waals surface area contributed by atoms with Gasteiger partial charge in [-0.2, -0.15) is 0 Å². The number of hydrogen-bond donors (Lipinski definition) is 4. The number of anilines is 4. The van der Waals surface area contributed by atoms with Gasteiger partial charge in [-0.1, -0.05) is 24.3 Å². The van der Waals surface area contributed by atoms with Crippen molar-refractivity contribution >= 4 is 45.1 Å². The summed E-state index contributed by atoms with van der Waals surface area (Å²) in [4.78, 5) is 30.4. The highest BCUT2D eigenvalue weighted by Gasteiger charge is 2.20. The number of aryl methyl sites for hydroxylation is 2. The van der Waals surface area contributed by atoms with Gasteiger partial charge in [0.15, 0.2) is 11.6 Å². The average Bonchev–Trinajstić information content (AvgIpc) is 3.70. The second kappa shape index (κ2) is 12.7. The topological polar surface area (TPSA) is 142 Å². The predicted molar refractivity (Wildman–Crippen MR) is 189 cm³/mol. The molecule has 0 bridgehead atoms. The zero-order valence-corrected chi connectivity index (χ0v) is 26.7. The number of piperidine rings is 2. The number of nitrogen functional groups attached to an aromatic ring is 2. The van der Waals surface area contributed by atoms with Crippen LogP contribution in [0.3, 0.4) is 0 Å². The summed E-state index contributed by atoms with van der Waals surface area (Å²) in [6.45, 7) is 8.21. The number of H-pyrrole nitrogens is 2. The van der Waals surface area contributed by atoms with Gasteiger partial charge in [-0.05, 0) is 99.9 Å². The normalized spacial score (nSPS) is 15.3. The Hall–Kier alpha value is -5.12. The van der Waals surface area contributed by atoms with Crippen LogP contribution in [0.15, 0.2) is 60.7 Å². The first-order chi connectivity index (χ1) is 22.4. The quantitative estimate of drug-likeness (QED) is 0.155. The molecule has 8 rings (SSSR count). The largest absolute Gasteiger partial charge is 0.399 e. The molecule has 46 heavy (non-hydrogen) atoms. The van der Waals surface area contributed by atoms with E-state index in [4.69, 9.17) is 21.4 Å². The van der Waals surface area contributed by atoms with Crippen LogP contribution in [-0.2, 0) is 0 Å².